The molecule has 2 amide bonds. The Bertz CT molecular complexity index is 786. The van der Waals surface area contributed by atoms with Crippen LogP contribution in [0.4, 0.5) is 0 Å². The van der Waals surface area contributed by atoms with Crippen LogP contribution >= 0.6 is 11.3 Å². The molecule has 156 valence electrons. The number of hydrogen-bond donors (Lipinski definition) is 2. The van der Waals surface area contributed by atoms with E-state index in [-0.39, 0.29) is 11.8 Å². The number of likely N-dealkylation sites (N-methyl/N-ethyl adjacent to an activating group) is 1. The Morgan fingerprint density at radius 2 is 1.86 bits per heavy atom. The average Bonchev–Trinajstić information content (AvgIpc) is 3.27. The first-order valence-corrected chi connectivity index (χ1v) is 11.1. The SMILES string of the molecule is CN1CCN(Cc2cccc(CNC(=O)CCCNC(=O)c3ccsc3)c2)CC1. The van der Waals surface area contributed by atoms with Crippen molar-refractivity contribution in [2.24, 2.45) is 0 Å². The maximum atomic E-state index is 12.1. The van der Waals surface area contributed by atoms with E-state index >= 15 is 0 Å². The van der Waals surface area contributed by atoms with Gasteiger partial charge in [0.1, 0.15) is 0 Å². The number of thiophene rings is 1. The lowest BCUT2D eigenvalue weighted by Crippen LogP contribution is -2.43. The van der Waals surface area contributed by atoms with Crippen molar-refractivity contribution < 1.29 is 9.59 Å². The van der Waals surface area contributed by atoms with E-state index in [1.54, 1.807) is 6.07 Å². The van der Waals surface area contributed by atoms with Gasteiger partial charge in [0.15, 0.2) is 0 Å². The molecule has 0 radical (unpaired) electrons. The van der Waals surface area contributed by atoms with Crippen LogP contribution in [0, 0.1) is 0 Å². The minimum absolute atomic E-state index is 0.0132. The first-order chi connectivity index (χ1) is 14.1. The molecule has 6 nitrogen and oxygen atoms in total. The molecule has 0 unspecified atom stereocenters. The lowest BCUT2D eigenvalue weighted by molar-refractivity contribution is -0.121. The summed E-state index contributed by atoms with van der Waals surface area (Å²) < 4.78 is 0. The van der Waals surface area contributed by atoms with E-state index in [1.165, 1.54) is 16.9 Å². The van der Waals surface area contributed by atoms with Crippen molar-refractivity contribution >= 4 is 23.2 Å². The Morgan fingerprint density at radius 1 is 1.07 bits per heavy atom. The number of piperazine rings is 1. The third-order valence-corrected chi connectivity index (χ3v) is 5.82. The number of carbonyl (C=O) groups excluding carboxylic acids is 2. The fourth-order valence-corrected chi connectivity index (χ4v) is 3.97. The highest BCUT2D eigenvalue weighted by atomic mass is 32.1. The van der Waals surface area contributed by atoms with Crippen molar-refractivity contribution in [2.45, 2.75) is 25.9 Å². The van der Waals surface area contributed by atoms with Crippen LogP contribution in [-0.4, -0.2) is 61.4 Å². The first-order valence-electron chi connectivity index (χ1n) is 10.2. The Morgan fingerprint density at radius 3 is 2.62 bits per heavy atom. The molecule has 1 aromatic carbocycles. The minimum Gasteiger partial charge on any atom is -0.352 e. The van der Waals surface area contributed by atoms with Gasteiger partial charge in [0, 0.05) is 63.2 Å². The number of benzene rings is 1. The second-order valence-electron chi connectivity index (χ2n) is 7.55. The van der Waals surface area contributed by atoms with E-state index in [9.17, 15) is 9.59 Å². The highest BCUT2D eigenvalue weighted by molar-refractivity contribution is 7.08. The molecule has 0 atom stereocenters. The molecule has 2 aromatic rings. The van der Waals surface area contributed by atoms with Crippen molar-refractivity contribution in [3.8, 4) is 0 Å². The van der Waals surface area contributed by atoms with E-state index in [0.717, 1.165) is 38.3 Å². The van der Waals surface area contributed by atoms with Crippen molar-refractivity contribution in [2.75, 3.05) is 39.8 Å². The Labute approximate surface area is 176 Å². The normalized spacial score (nSPS) is 15.2. The van der Waals surface area contributed by atoms with Crippen LogP contribution in [0.3, 0.4) is 0 Å². The van der Waals surface area contributed by atoms with Gasteiger partial charge in [-0.1, -0.05) is 24.3 Å². The molecule has 1 aliphatic heterocycles. The maximum Gasteiger partial charge on any atom is 0.252 e. The lowest BCUT2D eigenvalue weighted by Gasteiger charge is -2.32. The third kappa shape index (κ3) is 7.27. The number of nitrogens with one attached hydrogen (secondary N) is 2. The molecule has 1 aromatic heterocycles. The molecular weight excluding hydrogens is 384 g/mol. The Balaban J connectivity index is 1.34. The van der Waals surface area contributed by atoms with Gasteiger partial charge in [0.2, 0.25) is 5.91 Å². The first kappa shape index (κ1) is 21.5. The van der Waals surface area contributed by atoms with Gasteiger partial charge in [-0.05, 0) is 36.0 Å². The third-order valence-electron chi connectivity index (χ3n) is 5.13. The van der Waals surface area contributed by atoms with Gasteiger partial charge in [-0.15, -0.1) is 0 Å². The molecule has 7 heteroatoms. The summed E-state index contributed by atoms with van der Waals surface area (Å²) in [5.74, 6) is -0.0666. The number of rotatable bonds is 9. The summed E-state index contributed by atoms with van der Waals surface area (Å²) in [6, 6.07) is 10.2. The molecule has 1 aliphatic rings. The summed E-state index contributed by atoms with van der Waals surface area (Å²) in [6.07, 6.45) is 1.04. The zero-order valence-electron chi connectivity index (χ0n) is 17.0. The fraction of sp³-hybridized carbons (Fsp3) is 0.455. The second-order valence-corrected chi connectivity index (χ2v) is 8.33. The van der Waals surface area contributed by atoms with Crippen LogP contribution < -0.4 is 10.6 Å². The van der Waals surface area contributed by atoms with Gasteiger partial charge < -0.3 is 15.5 Å². The zero-order valence-corrected chi connectivity index (χ0v) is 17.8. The van der Waals surface area contributed by atoms with Crippen molar-refractivity contribution in [1.29, 1.82) is 0 Å². The minimum atomic E-state index is -0.0798. The van der Waals surface area contributed by atoms with Crippen LogP contribution in [0.1, 0.15) is 34.3 Å². The van der Waals surface area contributed by atoms with Crippen molar-refractivity contribution in [3.63, 3.8) is 0 Å². The molecule has 3 rings (SSSR count). The van der Waals surface area contributed by atoms with Crippen molar-refractivity contribution in [1.82, 2.24) is 20.4 Å². The molecule has 1 fully saturated rings. The number of hydrogen-bond acceptors (Lipinski definition) is 5. The van der Waals surface area contributed by atoms with E-state index < -0.39 is 0 Å². The van der Waals surface area contributed by atoms with E-state index in [0.29, 0.717) is 31.5 Å². The molecule has 2 N–H and O–H groups in total. The van der Waals surface area contributed by atoms with Gasteiger partial charge in [0.25, 0.3) is 5.91 Å². The topological polar surface area (TPSA) is 64.7 Å². The lowest BCUT2D eigenvalue weighted by atomic mass is 10.1. The average molecular weight is 415 g/mol. The standard InChI is InChI=1S/C22H30N4O2S/c1-25-9-11-26(12-10-25)16-19-5-2-4-18(14-19)15-24-21(27)6-3-8-23-22(28)20-7-13-29-17-20/h2,4-5,7,13-14,17H,3,6,8-12,15-16H2,1H3,(H,23,28)(H,24,27). The van der Waals surface area contributed by atoms with Gasteiger partial charge in [-0.2, -0.15) is 11.3 Å². The molecule has 1 saturated heterocycles. The predicted molar refractivity (Wildman–Crippen MR) is 117 cm³/mol. The Kier molecular flexibility index (Phi) is 8.22. The van der Waals surface area contributed by atoms with Crippen molar-refractivity contribution in [3.05, 3.63) is 57.8 Å². The summed E-state index contributed by atoms with van der Waals surface area (Å²) in [7, 11) is 2.16. The van der Waals surface area contributed by atoms with Gasteiger partial charge in [-0.25, -0.2) is 0 Å². The number of nitrogens with zero attached hydrogens (tertiary/aromatic N) is 2. The van der Waals surface area contributed by atoms with Crippen LogP contribution in [-0.2, 0) is 17.9 Å². The second kappa shape index (κ2) is 11.1. The smallest absolute Gasteiger partial charge is 0.252 e. The molecule has 0 spiro atoms. The van der Waals surface area contributed by atoms with E-state index in [4.69, 9.17) is 0 Å². The maximum absolute atomic E-state index is 12.1. The highest BCUT2D eigenvalue weighted by Gasteiger charge is 2.14. The molecule has 0 bridgehead atoms. The molecule has 29 heavy (non-hydrogen) atoms. The highest BCUT2D eigenvalue weighted by Crippen LogP contribution is 2.10. The fourth-order valence-electron chi connectivity index (χ4n) is 3.34. The molecular formula is C22H30N4O2S. The van der Waals surface area contributed by atoms with E-state index in [2.05, 4.69) is 51.7 Å². The number of amides is 2. The van der Waals surface area contributed by atoms with Gasteiger partial charge >= 0.3 is 0 Å². The summed E-state index contributed by atoms with van der Waals surface area (Å²) in [6.45, 7) is 6.42. The van der Waals surface area contributed by atoms with Gasteiger partial charge in [-0.3, -0.25) is 14.5 Å². The Hall–Kier alpha value is -2.22. The summed E-state index contributed by atoms with van der Waals surface area (Å²) in [5.41, 5.74) is 3.09. The van der Waals surface area contributed by atoms with E-state index in [1.807, 2.05) is 10.8 Å². The van der Waals surface area contributed by atoms with Crippen LogP contribution in [0.5, 0.6) is 0 Å². The van der Waals surface area contributed by atoms with Crippen LogP contribution in [0.25, 0.3) is 0 Å². The zero-order chi connectivity index (χ0) is 20.5. The molecule has 2 heterocycles. The summed E-state index contributed by atoms with van der Waals surface area (Å²) in [4.78, 5) is 28.8. The number of carbonyl (C=O) groups is 2. The largest absolute Gasteiger partial charge is 0.352 e. The predicted octanol–water partition coefficient (Wildman–Crippen LogP) is 2.32. The molecule has 0 aliphatic carbocycles. The quantitative estimate of drug-likeness (QED) is 0.618. The summed E-state index contributed by atoms with van der Waals surface area (Å²) in [5, 5.41) is 9.52. The van der Waals surface area contributed by atoms with Crippen LogP contribution in [0.15, 0.2) is 41.1 Å². The van der Waals surface area contributed by atoms with Gasteiger partial charge in [0.05, 0.1) is 0 Å². The summed E-state index contributed by atoms with van der Waals surface area (Å²) >= 11 is 1.50. The van der Waals surface area contributed by atoms with Crippen LogP contribution in [0.2, 0.25) is 0 Å². The molecule has 0 saturated carbocycles. The monoisotopic (exact) mass is 414 g/mol.